The number of carbonyl (C=O) groups is 1. The van der Waals surface area contributed by atoms with Crippen LogP contribution in [0.3, 0.4) is 0 Å². The average molecular weight is 263 g/mol. The molecular weight excluding hydrogens is 238 g/mol. The topological polar surface area (TPSA) is 40.5 Å². The second-order valence-electron chi connectivity index (χ2n) is 7.63. The van der Waals surface area contributed by atoms with E-state index in [4.69, 9.17) is 0 Å². The van der Waals surface area contributed by atoms with Crippen molar-refractivity contribution >= 4 is 5.78 Å². The van der Waals surface area contributed by atoms with Gasteiger partial charge >= 0.3 is 0 Å². The molecule has 4 aliphatic rings. The zero-order valence-electron chi connectivity index (χ0n) is 11.9. The maximum atomic E-state index is 12.6. The lowest BCUT2D eigenvalue weighted by atomic mass is 9.47. The lowest BCUT2D eigenvalue weighted by molar-refractivity contribution is -0.220. The van der Waals surface area contributed by atoms with Gasteiger partial charge in [-0.25, -0.2) is 0 Å². The van der Waals surface area contributed by atoms with Crippen LogP contribution >= 0.6 is 0 Å². The van der Waals surface area contributed by atoms with E-state index in [0.29, 0.717) is 24.0 Å². The number of hydrogen-bond donors (Lipinski definition) is 1. The van der Waals surface area contributed by atoms with Gasteiger partial charge in [0, 0.05) is 23.8 Å². The third-order valence-corrected chi connectivity index (χ3v) is 6.53. The summed E-state index contributed by atoms with van der Waals surface area (Å²) in [5.74, 6) is 1.48. The number of piperidine rings is 2. The summed E-state index contributed by atoms with van der Waals surface area (Å²) in [4.78, 5) is 15.2. The van der Waals surface area contributed by atoms with Crippen LogP contribution in [0.1, 0.15) is 51.9 Å². The van der Waals surface area contributed by atoms with E-state index in [2.05, 4.69) is 11.8 Å². The molecule has 2 aliphatic heterocycles. The van der Waals surface area contributed by atoms with Gasteiger partial charge in [-0.15, -0.1) is 0 Å². The molecule has 4 fully saturated rings. The first-order chi connectivity index (χ1) is 9.06. The number of Topliss-reactive ketones (excluding diaryl/α,β-unsaturated/α-hetero) is 1. The molecule has 3 heteroatoms. The van der Waals surface area contributed by atoms with Crippen molar-refractivity contribution in [2.45, 2.75) is 63.0 Å². The fourth-order valence-corrected chi connectivity index (χ4v) is 6.27. The number of carbonyl (C=O) groups excluding carboxylic acids is 1. The predicted molar refractivity (Wildman–Crippen MR) is 72.7 cm³/mol. The summed E-state index contributed by atoms with van der Waals surface area (Å²) in [7, 11) is 0. The Balaban J connectivity index is 1.87. The molecule has 4 rings (SSSR count). The van der Waals surface area contributed by atoms with Crippen LogP contribution in [-0.2, 0) is 4.79 Å². The highest BCUT2D eigenvalue weighted by Gasteiger charge is 2.67. The maximum absolute atomic E-state index is 12.6. The summed E-state index contributed by atoms with van der Waals surface area (Å²) in [5, 5.41) is 11.1. The molecule has 1 N–H and O–H groups in total. The number of aliphatic hydroxyl groups is 1. The van der Waals surface area contributed by atoms with Gasteiger partial charge in [-0.1, -0.05) is 6.92 Å². The van der Waals surface area contributed by atoms with E-state index in [1.54, 1.807) is 0 Å². The van der Waals surface area contributed by atoms with E-state index >= 15 is 0 Å². The van der Waals surface area contributed by atoms with Crippen molar-refractivity contribution in [2.75, 3.05) is 13.1 Å². The van der Waals surface area contributed by atoms with Crippen molar-refractivity contribution in [1.29, 1.82) is 0 Å². The van der Waals surface area contributed by atoms with E-state index in [1.807, 2.05) is 0 Å². The van der Waals surface area contributed by atoms with Gasteiger partial charge in [-0.2, -0.15) is 0 Å². The monoisotopic (exact) mass is 263 g/mol. The summed E-state index contributed by atoms with van der Waals surface area (Å²) in [6.45, 7) is 4.55. The van der Waals surface area contributed by atoms with E-state index in [-0.39, 0.29) is 11.5 Å². The van der Waals surface area contributed by atoms with Gasteiger partial charge in [0.15, 0.2) is 0 Å². The second kappa shape index (κ2) is 3.82. The summed E-state index contributed by atoms with van der Waals surface area (Å²) in [6, 6.07) is 0. The zero-order chi connectivity index (χ0) is 13.3. The van der Waals surface area contributed by atoms with E-state index < -0.39 is 5.60 Å². The van der Waals surface area contributed by atoms with E-state index in [0.717, 1.165) is 45.2 Å². The van der Waals surface area contributed by atoms with Crippen LogP contribution in [0.4, 0.5) is 0 Å². The summed E-state index contributed by atoms with van der Waals surface area (Å²) >= 11 is 0. The Morgan fingerprint density at radius 3 is 2.74 bits per heavy atom. The lowest BCUT2D eigenvalue weighted by Crippen LogP contribution is -2.75. The smallest absolute Gasteiger partial charge is 0.140 e. The van der Waals surface area contributed by atoms with Gasteiger partial charge < -0.3 is 5.11 Å². The number of rotatable bonds is 0. The SMILES string of the molecule is C[C@H]1C[C@@]2(O)CC(=O)[C@H]3CCCN4CCC[C@H]2[C@]34C1. The van der Waals surface area contributed by atoms with Gasteiger partial charge in [-0.3, -0.25) is 9.69 Å². The van der Waals surface area contributed by atoms with Gasteiger partial charge in [0.25, 0.3) is 0 Å². The predicted octanol–water partition coefficient (Wildman–Crippen LogP) is 1.98. The fourth-order valence-electron chi connectivity index (χ4n) is 6.27. The standard InChI is InChI=1S/C16H25NO2/c1-11-8-15(19)10-13(18)12-4-2-6-17-7-3-5-14(15)16(12,17)9-11/h11-12,14,19H,2-10H2,1H3/t11-,12+,14+,15+,16-/m0/s1. The molecule has 5 atom stereocenters. The highest BCUT2D eigenvalue weighted by atomic mass is 16.3. The van der Waals surface area contributed by atoms with Crippen molar-refractivity contribution in [3.8, 4) is 0 Å². The molecule has 0 radical (unpaired) electrons. The van der Waals surface area contributed by atoms with Gasteiger partial charge in [0.05, 0.1) is 5.60 Å². The molecular formula is C16H25NO2. The number of nitrogens with zero attached hydrogens (tertiary/aromatic N) is 1. The summed E-state index contributed by atoms with van der Waals surface area (Å²) in [5.41, 5.74) is -0.667. The maximum Gasteiger partial charge on any atom is 0.140 e. The zero-order valence-corrected chi connectivity index (χ0v) is 11.9. The Kier molecular flexibility index (Phi) is 2.48. The minimum absolute atomic E-state index is 0.0260. The first-order valence-electron chi connectivity index (χ1n) is 8.06. The van der Waals surface area contributed by atoms with Crippen molar-refractivity contribution in [1.82, 2.24) is 4.90 Å². The van der Waals surface area contributed by atoms with Crippen LogP contribution in [-0.4, -0.2) is 40.0 Å². The van der Waals surface area contributed by atoms with Gasteiger partial charge in [0.1, 0.15) is 5.78 Å². The third kappa shape index (κ3) is 1.43. The largest absolute Gasteiger partial charge is 0.389 e. The van der Waals surface area contributed by atoms with Crippen LogP contribution < -0.4 is 0 Å². The minimum Gasteiger partial charge on any atom is -0.389 e. The van der Waals surface area contributed by atoms with E-state index in [9.17, 15) is 9.90 Å². The molecule has 106 valence electrons. The van der Waals surface area contributed by atoms with Crippen molar-refractivity contribution < 1.29 is 9.90 Å². The Hall–Kier alpha value is -0.410. The first kappa shape index (κ1) is 12.3. The van der Waals surface area contributed by atoms with Crippen LogP contribution in [0, 0.1) is 17.8 Å². The molecule has 0 aromatic rings. The molecule has 2 heterocycles. The number of hydrogen-bond acceptors (Lipinski definition) is 3. The first-order valence-corrected chi connectivity index (χ1v) is 8.06. The molecule has 2 bridgehead atoms. The number of ketones is 1. The molecule has 2 aliphatic carbocycles. The van der Waals surface area contributed by atoms with Gasteiger partial charge in [-0.05, 0) is 57.5 Å². The average Bonchev–Trinajstić information content (AvgIpc) is 2.33. The Morgan fingerprint density at radius 1 is 1.21 bits per heavy atom. The molecule has 0 amide bonds. The fraction of sp³-hybridized carbons (Fsp3) is 0.938. The molecule has 2 saturated carbocycles. The molecule has 0 aromatic carbocycles. The highest BCUT2D eigenvalue weighted by Crippen LogP contribution is 2.60. The third-order valence-electron chi connectivity index (χ3n) is 6.53. The van der Waals surface area contributed by atoms with Crippen LogP contribution in [0.5, 0.6) is 0 Å². The van der Waals surface area contributed by atoms with Crippen molar-refractivity contribution in [2.24, 2.45) is 17.8 Å². The quantitative estimate of drug-likeness (QED) is 0.726. The van der Waals surface area contributed by atoms with Crippen LogP contribution in [0.25, 0.3) is 0 Å². The highest BCUT2D eigenvalue weighted by molar-refractivity contribution is 5.85. The molecule has 0 unspecified atom stereocenters. The Bertz CT molecular complexity index is 421. The summed E-state index contributed by atoms with van der Waals surface area (Å²) in [6.07, 6.45) is 6.96. The van der Waals surface area contributed by atoms with Gasteiger partial charge in [0.2, 0.25) is 0 Å². The normalized spacial score (nSPS) is 53.8. The Morgan fingerprint density at radius 2 is 1.95 bits per heavy atom. The van der Waals surface area contributed by atoms with Crippen molar-refractivity contribution in [3.63, 3.8) is 0 Å². The van der Waals surface area contributed by atoms with Crippen molar-refractivity contribution in [3.05, 3.63) is 0 Å². The molecule has 3 nitrogen and oxygen atoms in total. The lowest BCUT2D eigenvalue weighted by Gasteiger charge is -2.68. The summed E-state index contributed by atoms with van der Waals surface area (Å²) < 4.78 is 0. The molecule has 2 saturated heterocycles. The Labute approximate surface area is 115 Å². The minimum atomic E-state index is -0.693. The van der Waals surface area contributed by atoms with Crippen LogP contribution in [0.15, 0.2) is 0 Å². The second-order valence-corrected chi connectivity index (χ2v) is 7.63. The van der Waals surface area contributed by atoms with E-state index in [1.165, 1.54) is 6.42 Å². The molecule has 0 aromatic heterocycles. The molecule has 1 spiro atoms. The van der Waals surface area contributed by atoms with Crippen LogP contribution in [0.2, 0.25) is 0 Å². The molecule has 19 heavy (non-hydrogen) atoms.